The maximum Gasteiger partial charge on any atom is 0.416 e. The van der Waals surface area contributed by atoms with Gasteiger partial charge in [-0.25, -0.2) is 0 Å². The predicted molar refractivity (Wildman–Crippen MR) is 66.7 cm³/mol. The molecule has 6 heteroatoms. The smallest absolute Gasteiger partial charge is 0.416 e. The molecule has 0 bridgehead atoms. The van der Waals surface area contributed by atoms with Crippen LogP contribution in [0.25, 0.3) is 6.08 Å². The number of halogens is 3. The zero-order chi connectivity index (χ0) is 15.2. The standard InChI is InChI=1S/C14H13F3O3/c1-10(18)9-13(19)20-8-2-3-11-4-6-12(7-5-11)14(15,16)17/h2-7H,8-9H2,1H3/b3-2+. The van der Waals surface area contributed by atoms with E-state index in [-0.39, 0.29) is 18.8 Å². The van der Waals surface area contributed by atoms with Gasteiger partial charge in [0.15, 0.2) is 0 Å². The van der Waals surface area contributed by atoms with Gasteiger partial charge in [-0.3, -0.25) is 9.59 Å². The predicted octanol–water partition coefficient (Wildman–Crippen LogP) is 3.24. The Morgan fingerprint density at radius 1 is 1.20 bits per heavy atom. The Morgan fingerprint density at radius 2 is 1.80 bits per heavy atom. The van der Waals surface area contributed by atoms with E-state index < -0.39 is 17.7 Å². The Balaban J connectivity index is 2.47. The lowest BCUT2D eigenvalue weighted by Crippen LogP contribution is -2.08. The third-order valence-electron chi connectivity index (χ3n) is 2.28. The highest BCUT2D eigenvalue weighted by Gasteiger charge is 2.29. The fourth-order valence-electron chi connectivity index (χ4n) is 1.36. The van der Waals surface area contributed by atoms with Crippen molar-refractivity contribution in [3.8, 4) is 0 Å². The number of carbonyl (C=O) groups excluding carboxylic acids is 2. The molecule has 0 saturated carbocycles. The van der Waals surface area contributed by atoms with Gasteiger partial charge < -0.3 is 4.74 Å². The molecule has 0 aliphatic carbocycles. The largest absolute Gasteiger partial charge is 0.461 e. The summed E-state index contributed by atoms with van der Waals surface area (Å²) in [7, 11) is 0. The van der Waals surface area contributed by atoms with E-state index in [9.17, 15) is 22.8 Å². The van der Waals surface area contributed by atoms with Gasteiger partial charge in [0.1, 0.15) is 18.8 Å². The van der Waals surface area contributed by atoms with Crippen molar-refractivity contribution < 1.29 is 27.5 Å². The van der Waals surface area contributed by atoms with Crippen molar-refractivity contribution in [2.75, 3.05) is 6.61 Å². The zero-order valence-corrected chi connectivity index (χ0v) is 10.7. The highest BCUT2D eigenvalue weighted by atomic mass is 19.4. The van der Waals surface area contributed by atoms with Crippen LogP contribution in [0.3, 0.4) is 0 Å². The molecular formula is C14H13F3O3. The fraction of sp³-hybridized carbons (Fsp3) is 0.286. The van der Waals surface area contributed by atoms with E-state index in [1.165, 1.54) is 31.2 Å². The lowest BCUT2D eigenvalue weighted by Gasteiger charge is -2.05. The normalized spacial score (nSPS) is 11.6. The Hall–Kier alpha value is -2.11. The Labute approximate surface area is 114 Å². The molecule has 0 aliphatic heterocycles. The van der Waals surface area contributed by atoms with Crippen LogP contribution >= 0.6 is 0 Å². The van der Waals surface area contributed by atoms with Crippen molar-refractivity contribution in [3.05, 3.63) is 41.5 Å². The first-order valence-corrected chi connectivity index (χ1v) is 5.78. The van der Waals surface area contributed by atoms with Gasteiger partial charge in [0.2, 0.25) is 0 Å². The van der Waals surface area contributed by atoms with Crippen molar-refractivity contribution in [2.24, 2.45) is 0 Å². The van der Waals surface area contributed by atoms with Gasteiger partial charge in [0, 0.05) is 0 Å². The molecule has 108 valence electrons. The fourth-order valence-corrected chi connectivity index (χ4v) is 1.36. The minimum absolute atomic E-state index is 0.0346. The lowest BCUT2D eigenvalue weighted by molar-refractivity contribution is -0.144. The van der Waals surface area contributed by atoms with Gasteiger partial charge in [-0.1, -0.05) is 18.2 Å². The molecule has 0 fully saturated rings. The van der Waals surface area contributed by atoms with E-state index in [0.29, 0.717) is 5.56 Å². The van der Waals surface area contributed by atoms with Crippen LogP contribution in [0.5, 0.6) is 0 Å². The average molecular weight is 286 g/mol. The van der Waals surface area contributed by atoms with Gasteiger partial charge in [-0.05, 0) is 30.7 Å². The minimum atomic E-state index is -4.36. The molecule has 0 heterocycles. The van der Waals surface area contributed by atoms with Crippen LogP contribution in [-0.2, 0) is 20.5 Å². The van der Waals surface area contributed by atoms with E-state index in [4.69, 9.17) is 4.74 Å². The molecule has 0 aromatic heterocycles. The molecule has 0 aliphatic rings. The Morgan fingerprint density at radius 3 is 2.30 bits per heavy atom. The first-order valence-electron chi connectivity index (χ1n) is 5.78. The van der Waals surface area contributed by atoms with Crippen LogP contribution in [-0.4, -0.2) is 18.4 Å². The number of hydrogen-bond donors (Lipinski definition) is 0. The third-order valence-corrected chi connectivity index (χ3v) is 2.28. The summed E-state index contributed by atoms with van der Waals surface area (Å²) in [6.45, 7) is 1.24. The molecule has 0 atom stereocenters. The molecule has 0 saturated heterocycles. The molecule has 1 aromatic carbocycles. The molecular weight excluding hydrogens is 273 g/mol. The molecule has 0 unspecified atom stereocenters. The summed E-state index contributed by atoms with van der Waals surface area (Å²) in [4.78, 5) is 21.6. The van der Waals surface area contributed by atoms with Crippen LogP contribution in [0, 0.1) is 0 Å². The summed E-state index contributed by atoms with van der Waals surface area (Å²) in [5.41, 5.74) is -0.164. The minimum Gasteiger partial charge on any atom is -0.461 e. The van der Waals surface area contributed by atoms with E-state index in [2.05, 4.69) is 0 Å². The highest BCUT2D eigenvalue weighted by molar-refractivity contribution is 5.94. The van der Waals surface area contributed by atoms with E-state index in [1.54, 1.807) is 0 Å². The van der Waals surface area contributed by atoms with Crippen LogP contribution in [0.1, 0.15) is 24.5 Å². The van der Waals surface area contributed by atoms with Crippen molar-refractivity contribution in [1.29, 1.82) is 0 Å². The average Bonchev–Trinajstić information content (AvgIpc) is 2.33. The summed E-state index contributed by atoms with van der Waals surface area (Å²) in [5.74, 6) is -0.920. The quantitative estimate of drug-likeness (QED) is 0.616. The zero-order valence-electron chi connectivity index (χ0n) is 10.7. The van der Waals surface area contributed by atoms with Gasteiger partial charge in [-0.15, -0.1) is 0 Å². The topological polar surface area (TPSA) is 43.4 Å². The number of alkyl halides is 3. The summed E-state index contributed by atoms with van der Waals surface area (Å²) in [6, 6.07) is 4.58. The van der Waals surface area contributed by atoms with Crippen LogP contribution < -0.4 is 0 Å². The van der Waals surface area contributed by atoms with Gasteiger partial charge in [0.25, 0.3) is 0 Å². The molecule has 20 heavy (non-hydrogen) atoms. The first kappa shape index (κ1) is 15.9. The monoisotopic (exact) mass is 286 g/mol. The Bertz CT molecular complexity index is 501. The first-order chi connectivity index (χ1) is 9.29. The van der Waals surface area contributed by atoms with Crippen molar-refractivity contribution in [2.45, 2.75) is 19.5 Å². The second-order valence-electron chi connectivity index (χ2n) is 4.08. The number of ether oxygens (including phenoxy) is 1. The number of rotatable bonds is 5. The highest BCUT2D eigenvalue weighted by Crippen LogP contribution is 2.29. The summed E-state index contributed by atoms with van der Waals surface area (Å²) in [6.07, 6.45) is -1.62. The maximum absolute atomic E-state index is 12.3. The lowest BCUT2D eigenvalue weighted by atomic mass is 10.1. The third kappa shape index (κ3) is 5.69. The summed E-state index contributed by atoms with van der Waals surface area (Å²) in [5, 5.41) is 0. The molecule has 1 rings (SSSR count). The van der Waals surface area contributed by atoms with Gasteiger partial charge in [0.05, 0.1) is 5.56 Å². The molecule has 1 aromatic rings. The van der Waals surface area contributed by atoms with Gasteiger partial charge in [-0.2, -0.15) is 13.2 Å². The van der Waals surface area contributed by atoms with E-state index in [0.717, 1.165) is 12.1 Å². The summed E-state index contributed by atoms with van der Waals surface area (Å²) >= 11 is 0. The van der Waals surface area contributed by atoms with E-state index >= 15 is 0 Å². The number of ketones is 1. The molecule has 0 N–H and O–H groups in total. The molecule has 0 radical (unpaired) electrons. The summed E-state index contributed by atoms with van der Waals surface area (Å²) < 4.78 is 41.7. The number of benzene rings is 1. The number of Topliss-reactive ketones (excluding diaryl/α,β-unsaturated/α-hetero) is 1. The van der Waals surface area contributed by atoms with Crippen LogP contribution in [0.4, 0.5) is 13.2 Å². The maximum atomic E-state index is 12.3. The van der Waals surface area contributed by atoms with Crippen LogP contribution in [0.15, 0.2) is 30.3 Å². The van der Waals surface area contributed by atoms with Crippen molar-refractivity contribution in [3.63, 3.8) is 0 Å². The molecule has 0 amide bonds. The van der Waals surface area contributed by atoms with Crippen LogP contribution in [0.2, 0.25) is 0 Å². The molecule has 3 nitrogen and oxygen atoms in total. The molecule has 0 spiro atoms. The SMILES string of the molecule is CC(=O)CC(=O)OC/C=C/c1ccc(C(F)(F)F)cc1. The Kier molecular flexibility index (Phi) is 5.49. The second kappa shape index (κ2) is 6.88. The second-order valence-corrected chi connectivity index (χ2v) is 4.08. The van der Waals surface area contributed by atoms with Gasteiger partial charge >= 0.3 is 12.1 Å². The number of carbonyl (C=O) groups is 2. The van der Waals surface area contributed by atoms with E-state index in [1.807, 2.05) is 0 Å². The number of esters is 1. The van der Waals surface area contributed by atoms with Crippen molar-refractivity contribution in [1.82, 2.24) is 0 Å². The number of hydrogen-bond acceptors (Lipinski definition) is 3. The van der Waals surface area contributed by atoms with Crippen molar-refractivity contribution >= 4 is 17.8 Å².